The molecule has 0 fully saturated rings. The van der Waals surface area contributed by atoms with E-state index in [0.29, 0.717) is 39.4 Å². The molecule has 1 heterocycles. The predicted molar refractivity (Wildman–Crippen MR) is 107 cm³/mol. The number of ether oxygens (including phenoxy) is 1. The quantitative estimate of drug-likeness (QED) is 0.466. The third-order valence-electron chi connectivity index (χ3n) is 4.09. The van der Waals surface area contributed by atoms with Crippen LogP contribution in [0.5, 0.6) is 17.2 Å². The Labute approximate surface area is 170 Å². The zero-order chi connectivity index (χ0) is 19.5. The van der Waals surface area contributed by atoms with E-state index in [1.807, 2.05) is 30.3 Å². The normalized spacial score (nSPS) is 10.8. The zero-order valence-corrected chi connectivity index (χ0v) is 15.9. The summed E-state index contributed by atoms with van der Waals surface area (Å²) >= 11 is 12.8. The van der Waals surface area contributed by atoms with Gasteiger partial charge in [0, 0.05) is 12.0 Å². The van der Waals surface area contributed by atoms with Crippen LogP contribution in [0.4, 0.5) is 0 Å². The Hall–Kier alpha value is -3.09. The van der Waals surface area contributed by atoms with Crippen molar-refractivity contribution in [2.75, 3.05) is 0 Å². The lowest BCUT2D eigenvalue weighted by molar-refractivity contribution is 0.466. The molecule has 0 unspecified atom stereocenters. The molecule has 0 radical (unpaired) electrons. The molecule has 28 heavy (non-hydrogen) atoms. The van der Waals surface area contributed by atoms with Crippen LogP contribution in [0.2, 0.25) is 10.0 Å². The van der Waals surface area contributed by atoms with Crippen molar-refractivity contribution < 1.29 is 9.84 Å². The second-order valence-corrected chi connectivity index (χ2v) is 6.87. The van der Waals surface area contributed by atoms with E-state index in [9.17, 15) is 5.11 Å². The van der Waals surface area contributed by atoms with Gasteiger partial charge in [-0.25, -0.2) is 5.10 Å². The van der Waals surface area contributed by atoms with Gasteiger partial charge in [0.2, 0.25) is 0 Å². The molecule has 0 saturated carbocycles. The molecular weight excluding hydrogens is 399 g/mol. The lowest BCUT2D eigenvalue weighted by atomic mass is 10.0. The fourth-order valence-electron chi connectivity index (χ4n) is 2.80. The van der Waals surface area contributed by atoms with Crippen molar-refractivity contribution in [3.8, 4) is 28.4 Å². The molecule has 4 rings (SSSR count). The molecule has 0 saturated heterocycles. The first-order chi connectivity index (χ1) is 13.6. The lowest BCUT2D eigenvalue weighted by Crippen LogP contribution is -1.94. The maximum absolute atomic E-state index is 10.2. The summed E-state index contributed by atoms with van der Waals surface area (Å²) in [5.74, 6) is 1.61. The van der Waals surface area contributed by atoms with Crippen LogP contribution in [0, 0.1) is 0 Å². The number of rotatable bonds is 5. The Balaban J connectivity index is 1.62. The molecule has 0 bridgehead atoms. The topological polar surface area (TPSA) is 83.9 Å². The van der Waals surface area contributed by atoms with Crippen LogP contribution in [-0.4, -0.2) is 25.7 Å². The molecule has 8 heteroatoms. The number of phenols is 1. The van der Waals surface area contributed by atoms with Crippen LogP contribution >= 0.6 is 23.2 Å². The Morgan fingerprint density at radius 3 is 2.39 bits per heavy atom. The summed E-state index contributed by atoms with van der Waals surface area (Å²) in [6.45, 7) is 0. The number of tetrazole rings is 1. The molecule has 0 amide bonds. The number of nitrogens with one attached hydrogen (secondary N) is 1. The number of phenolic OH excluding ortho intramolecular Hbond substituents is 1. The highest BCUT2D eigenvalue weighted by Gasteiger charge is 2.14. The first-order valence-corrected chi connectivity index (χ1v) is 9.12. The highest BCUT2D eigenvalue weighted by molar-refractivity contribution is 6.37. The Kier molecular flexibility index (Phi) is 5.14. The monoisotopic (exact) mass is 412 g/mol. The molecule has 0 aliphatic heterocycles. The van der Waals surface area contributed by atoms with E-state index in [0.717, 1.165) is 11.1 Å². The minimum absolute atomic E-state index is 0.159. The number of hydrogen-bond acceptors (Lipinski definition) is 5. The van der Waals surface area contributed by atoms with E-state index in [1.54, 1.807) is 30.3 Å². The van der Waals surface area contributed by atoms with Gasteiger partial charge in [-0.15, -0.1) is 5.10 Å². The molecule has 2 N–H and O–H groups in total. The SMILES string of the molecule is Oc1ccc(Oc2c(Cl)cc(Cc3nnn[nH]3)cc2Cl)cc1-c1ccccc1. The summed E-state index contributed by atoms with van der Waals surface area (Å²) in [6.07, 6.45) is 0.462. The highest BCUT2D eigenvalue weighted by atomic mass is 35.5. The van der Waals surface area contributed by atoms with Crippen LogP contribution in [-0.2, 0) is 6.42 Å². The van der Waals surface area contributed by atoms with Crippen molar-refractivity contribution in [1.82, 2.24) is 20.6 Å². The van der Waals surface area contributed by atoms with Gasteiger partial charge in [0.25, 0.3) is 0 Å². The lowest BCUT2D eigenvalue weighted by Gasteiger charge is -2.13. The van der Waals surface area contributed by atoms with Gasteiger partial charge >= 0.3 is 0 Å². The van der Waals surface area contributed by atoms with Crippen LogP contribution in [0.15, 0.2) is 60.7 Å². The molecule has 0 aliphatic rings. The summed E-state index contributed by atoms with van der Waals surface area (Å²) in [4.78, 5) is 0. The van der Waals surface area contributed by atoms with Crippen molar-refractivity contribution in [1.29, 1.82) is 0 Å². The van der Waals surface area contributed by atoms with Gasteiger partial charge in [-0.1, -0.05) is 53.5 Å². The zero-order valence-electron chi connectivity index (χ0n) is 14.4. The molecule has 0 aliphatic carbocycles. The van der Waals surface area contributed by atoms with E-state index in [2.05, 4.69) is 20.6 Å². The average Bonchev–Trinajstić information content (AvgIpc) is 3.19. The Morgan fingerprint density at radius 1 is 0.964 bits per heavy atom. The van der Waals surface area contributed by atoms with Gasteiger partial charge in [-0.05, 0) is 51.9 Å². The standard InChI is InChI=1S/C20H14Cl2N4O2/c21-16-8-12(10-19-23-25-26-24-19)9-17(22)20(16)28-14-6-7-18(27)15(11-14)13-4-2-1-3-5-13/h1-9,11,27H,10H2,(H,23,24,25,26). The second kappa shape index (κ2) is 7.88. The van der Waals surface area contributed by atoms with E-state index in [1.165, 1.54) is 0 Å². The summed E-state index contributed by atoms with van der Waals surface area (Å²) in [7, 11) is 0. The first-order valence-electron chi connectivity index (χ1n) is 8.37. The maximum atomic E-state index is 10.2. The smallest absolute Gasteiger partial charge is 0.164 e. The maximum Gasteiger partial charge on any atom is 0.164 e. The fraction of sp³-hybridized carbons (Fsp3) is 0.0500. The van der Waals surface area contributed by atoms with Crippen LogP contribution in [0.1, 0.15) is 11.4 Å². The molecule has 140 valence electrons. The number of benzene rings is 3. The van der Waals surface area contributed by atoms with Gasteiger partial charge in [0.1, 0.15) is 11.5 Å². The predicted octanol–water partition coefficient (Wildman–Crippen LogP) is 5.26. The number of halogens is 2. The number of aromatic amines is 1. The molecule has 1 aromatic heterocycles. The molecule has 6 nitrogen and oxygen atoms in total. The fourth-order valence-corrected chi connectivity index (χ4v) is 3.41. The van der Waals surface area contributed by atoms with Crippen molar-refractivity contribution in [2.45, 2.75) is 6.42 Å². The number of H-pyrrole nitrogens is 1. The van der Waals surface area contributed by atoms with E-state index < -0.39 is 0 Å². The van der Waals surface area contributed by atoms with Crippen molar-refractivity contribution >= 4 is 23.2 Å². The first kappa shape index (κ1) is 18.3. The summed E-state index contributed by atoms with van der Waals surface area (Å²) in [5, 5.41) is 24.6. The summed E-state index contributed by atoms with van der Waals surface area (Å²) < 4.78 is 5.92. The molecule has 3 aromatic carbocycles. The number of aromatic nitrogens is 4. The number of aromatic hydroxyl groups is 1. The molecule has 4 aromatic rings. The van der Waals surface area contributed by atoms with Crippen molar-refractivity contribution in [3.05, 3.63) is 82.1 Å². The van der Waals surface area contributed by atoms with Crippen LogP contribution < -0.4 is 4.74 Å². The van der Waals surface area contributed by atoms with Gasteiger partial charge in [0.05, 0.1) is 10.0 Å². The summed E-state index contributed by atoms with van der Waals surface area (Å²) in [6, 6.07) is 18.0. The van der Waals surface area contributed by atoms with E-state index in [-0.39, 0.29) is 5.75 Å². The minimum Gasteiger partial charge on any atom is -0.507 e. The van der Waals surface area contributed by atoms with Gasteiger partial charge in [-0.2, -0.15) is 0 Å². The van der Waals surface area contributed by atoms with E-state index in [4.69, 9.17) is 27.9 Å². The van der Waals surface area contributed by atoms with Crippen LogP contribution in [0.3, 0.4) is 0 Å². The Morgan fingerprint density at radius 2 is 1.71 bits per heavy atom. The highest BCUT2D eigenvalue weighted by Crippen LogP contribution is 2.40. The van der Waals surface area contributed by atoms with E-state index >= 15 is 0 Å². The third kappa shape index (κ3) is 3.93. The number of hydrogen-bond donors (Lipinski definition) is 2. The molecule has 0 spiro atoms. The molecular formula is C20H14Cl2N4O2. The van der Waals surface area contributed by atoms with Gasteiger partial charge in [-0.3, -0.25) is 0 Å². The summed E-state index contributed by atoms with van der Waals surface area (Å²) in [5.41, 5.74) is 2.37. The van der Waals surface area contributed by atoms with Crippen molar-refractivity contribution in [3.63, 3.8) is 0 Å². The largest absolute Gasteiger partial charge is 0.507 e. The second-order valence-electron chi connectivity index (χ2n) is 6.06. The third-order valence-corrected chi connectivity index (χ3v) is 4.65. The number of nitrogens with zero attached hydrogens (tertiary/aromatic N) is 3. The Bertz CT molecular complexity index is 1080. The van der Waals surface area contributed by atoms with Crippen molar-refractivity contribution in [2.24, 2.45) is 0 Å². The van der Waals surface area contributed by atoms with Crippen LogP contribution in [0.25, 0.3) is 11.1 Å². The van der Waals surface area contributed by atoms with Gasteiger partial charge in [0.15, 0.2) is 11.6 Å². The van der Waals surface area contributed by atoms with Gasteiger partial charge < -0.3 is 9.84 Å². The minimum atomic E-state index is 0.159. The average molecular weight is 413 g/mol. The molecule has 0 atom stereocenters.